The summed E-state index contributed by atoms with van der Waals surface area (Å²) in [7, 11) is 0. The Kier molecular flexibility index (Phi) is 4.24. The van der Waals surface area contributed by atoms with Crippen LogP contribution in [0.4, 0.5) is 0 Å². The Labute approximate surface area is 83.3 Å². The van der Waals surface area contributed by atoms with Crippen molar-refractivity contribution in [2.24, 2.45) is 17.8 Å². The highest BCUT2D eigenvalue weighted by atomic mass is 14.9. The third-order valence-corrected chi connectivity index (χ3v) is 3.14. The SMILES string of the molecule is CC(C)CC1CCC1CNC(C)C. The molecule has 0 heterocycles. The molecule has 2 atom stereocenters. The fraction of sp³-hybridized carbons (Fsp3) is 1.00. The Bertz CT molecular complexity index is 140. The average Bonchev–Trinajstić information content (AvgIpc) is 1.98. The van der Waals surface area contributed by atoms with E-state index in [9.17, 15) is 0 Å². The fourth-order valence-electron chi connectivity index (χ4n) is 2.21. The quantitative estimate of drug-likeness (QED) is 0.691. The molecule has 1 aliphatic rings. The van der Waals surface area contributed by atoms with Crippen LogP contribution < -0.4 is 5.32 Å². The normalized spacial score (nSPS) is 28.2. The van der Waals surface area contributed by atoms with Crippen molar-refractivity contribution < 1.29 is 0 Å². The van der Waals surface area contributed by atoms with Gasteiger partial charge in [0.15, 0.2) is 0 Å². The second kappa shape index (κ2) is 4.99. The minimum Gasteiger partial charge on any atom is -0.314 e. The van der Waals surface area contributed by atoms with E-state index in [1.54, 1.807) is 0 Å². The lowest BCUT2D eigenvalue weighted by Crippen LogP contribution is -2.38. The molecule has 0 radical (unpaired) electrons. The number of nitrogens with one attached hydrogen (secondary N) is 1. The van der Waals surface area contributed by atoms with E-state index in [2.05, 4.69) is 33.0 Å². The second-order valence-electron chi connectivity index (χ2n) is 5.29. The van der Waals surface area contributed by atoms with E-state index in [1.807, 2.05) is 0 Å². The van der Waals surface area contributed by atoms with Gasteiger partial charge in [0.25, 0.3) is 0 Å². The Balaban J connectivity index is 2.13. The minimum absolute atomic E-state index is 0.653. The zero-order valence-electron chi connectivity index (χ0n) is 9.64. The molecule has 0 aromatic heterocycles. The van der Waals surface area contributed by atoms with Crippen molar-refractivity contribution >= 4 is 0 Å². The van der Waals surface area contributed by atoms with Crippen molar-refractivity contribution in [2.45, 2.75) is 53.0 Å². The molecule has 1 aliphatic carbocycles. The van der Waals surface area contributed by atoms with Gasteiger partial charge in [0.1, 0.15) is 0 Å². The molecule has 0 aliphatic heterocycles. The van der Waals surface area contributed by atoms with Gasteiger partial charge in [0.05, 0.1) is 0 Å². The molecule has 0 bridgehead atoms. The standard InChI is InChI=1S/C12H25N/c1-9(2)7-11-5-6-12(11)8-13-10(3)4/h9-13H,5-8H2,1-4H3. The highest BCUT2D eigenvalue weighted by Crippen LogP contribution is 2.38. The zero-order valence-corrected chi connectivity index (χ0v) is 9.64. The van der Waals surface area contributed by atoms with Crippen LogP contribution in [0.3, 0.4) is 0 Å². The second-order valence-corrected chi connectivity index (χ2v) is 5.29. The molecule has 0 saturated heterocycles. The summed E-state index contributed by atoms with van der Waals surface area (Å²) in [6, 6.07) is 0.653. The van der Waals surface area contributed by atoms with Crippen LogP contribution in [-0.4, -0.2) is 12.6 Å². The van der Waals surface area contributed by atoms with Gasteiger partial charge in [0.2, 0.25) is 0 Å². The first-order chi connectivity index (χ1) is 6.09. The van der Waals surface area contributed by atoms with Gasteiger partial charge in [-0.1, -0.05) is 27.7 Å². The molecule has 13 heavy (non-hydrogen) atoms. The topological polar surface area (TPSA) is 12.0 Å². The molecule has 0 aromatic carbocycles. The van der Waals surface area contributed by atoms with Crippen LogP contribution in [0, 0.1) is 17.8 Å². The largest absolute Gasteiger partial charge is 0.314 e. The molecule has 0 aromatic rings. The van der Waals surface area contributed by atoms with Gasteiger partial charge in [-0.15, -0.1) is 0 Å². The van der Waals surface area contributed by atoms with E-state index in [-0.39, 0.29) is 0 Å². The average molecular weight is 183 g/mol. The molecule has 1 fully saturated rings. The molecule has 1 saturated carbocycles. The summed E-state index contributed by atoms with van der Waals surface area (Å²) >= 11 is 0. The highest BCUT2D eigenvalue weighted by Gasteiger charge is 2.30. The highest BCUT2D eigenvalue weighted by molar-refractivity contribution is 4.83. The maximum atomic E-state index is 3.55. The van der Waals surface area contributed by atoms with Crippen molar-refractivity contribution in [3.63, 3.8) is 0 Å². The first-order valence-electron chi connectivity index (χ1n) is 5.83. The number of rotatable bonds is 5. The van der Waals surface area contributed by atoms with Gasteiger partial charge in [-0.2, -0.15) is 0 Å². The maximum Gasteiger partial charge on any atom is 0.00104 e. The summed E-state index contributed by atoms with van der Waals surface area (Å²) in [5, 5.41) is 3.55. The third kappa shape index (κ3) is 3.68. The lowest BCUT2D eigenvalue weighted by Gasteiger charge is -2.38. The molecular formula is C12H25N. The summed E-state index contributed by atoms with van der Waals surface area (Å²) < 4.78 is 0. The van der Waals surface area contributed by atoms with Crippen LogP contribution in [0.1, 0.15) is 47.0 Å². The monoisotopic (exact) mass is 183 g/mol. The molecule has 1 heteroatoms. The Morgan fingerprint density at radius 3 is 2.08 bits per heavy atom. The van der Waals surface area contributed by atoms with Crippen molar-refractivity contribution in [1.29, 1.82) is 0 Å². The molecule has 2 unspecified atom stereocenters. The number of hydrogen-bond acceptors (Lipinski definition) is 1. The van der Waals surface area contributed by atoms with E-state index in [0.717, 1.165) is 17.8 Å². The van der Waals surface area contributed by atoms with E-state index in [1.165, 1.54) is 25.8 Å². The summed E-state index contributed by atoms with van der Waals surface area (Å²) in [5.41, 5.74) is 0. The van der Waals surface area contributed by atoms with Gasteiger partial charge in [0, 0.05) is 6.04 Å². The zero-order chi connectivity index (χ0) is 9.84. The van der Waals surface area contributed by atoms with E-state index in [4.69, 9.17) is 0 Å². The first kappa shape index (κ1) is 11.0. The van der Waals surface area contributed by atoms with Gasteiger partial charge in [-0.05, 0) is 43.6 Å². The Hall–Kier alpha value is -0.0400. The molecule has 0 amide bonds. The van der Waals surface area contributed by atoms with E-state index in [0.29, 0.717) is 6.04 Å². The van der Waals surface area contributed by atoms with Crippen molar-refractivity contribution in [1.82, 2.24) is 5.32 Å². The molecular weight excluding hydrogens is 158 g/mol. The van der Waals surface area contributed by atoms with Crippen LogP contribution in [0.25, 0.3) is 0 Å². The molecule has 78 valence electrons. The third-order valence-electron chi connectivity index (χ3n) is 3.14. The van der Waals surface area contributed by atoms with E-state index < -0.39 is 0 Å². The van der Waals surface area contributed by atoms with Crippen LogP contribution in [0.2, 0.25) is 0 Å². The molecule has 1 nitrogen and oxygen atoms in total. The predicted molar refractivity (Wildman–Crippen MR) is 58.8 cm³/mol. The molecule has 1 rings (SSSR count). The Morgan fingerprint density at radius 1 is 1.08 bits per heavy atom. The summed E-state index contributed by atoms with van der Waals surface area (Å²) in [5.74, 6) is 2.88. The van der Waals surface area contributed by atoms with Crippen molar-refractivity contribution in [2.75, 3.05) is 6.54 Å². The minimum atomic E-state index is 0.653. The lowest BCUT2D eigenvalue weighted by molar-refractivity contribution is 0.141. The van der Waals surface area contributed by atoms with Gasteiger partial charge >= 0.3 is 0 Å². The summed E-state index contributed by atoms with van der Waals surface area (Å²) in [6.45, 7) is 10.4. The maximum absolute atomic E-state index is 3.55. The van der Waals surface area contributed by atoms with Crippen LogP contribution in [-0.2, 0) is 0 Å². The smallest absolute Gasteiger partial charge is 0.00104 e. The fourth-order valence-corrected chi connectivity index (χ4v) is 2.21. The van der Waals surface area contributed by atoms with Crippen molar-refractivity contribution in [3.05, 3.63) is 0 Å². The van der Waals surface area contributed by atoms with Gasteiger partial charge < -0.3 is 5.32 Å². The van der Waals surface area contributed by atoms with Crippen LogP contribution in [0.5, 0.6) is 0 Å². The van der Waals surface area contributed by atoms with Gasteiger partial charge in [-0.25, -0.2) is 0 Å². The van der Waals surface area contributed by atoms with Gasteiger partial charge in [-0.3, -0.25) is 0 Å². The van der Waals surface area contributed by atoms with Crippen molar-refractivity contribution in [3.8, 4) is 0 Å². The summed E-state index contributed by atoms with van der Waals surface area (Å²) in [4.78, 5) is 0. The Morgan fingerprint density at radius 2 is 1.69 bits per heavy atom. The van der Waals surface area contributed by atoms with Crippen LogP contribution >= 0.6 is 0 Å². The van der Waals surface area contributed by atoms with Crippen LogP contribution in [0.15, 0.2) is 0 Å². The first-order valence-corrected chi connectivity index (χ1v) is 5.83. The predicted octanol–water partition coefficient (Wildman–Crippen LogP) is 3.06. The molecule has 1 N–H and O–H groups in total. The lowest BCUT2D eigenvalue weighted by atomic mass is 9.70. The summed E-state index contributed by atoms with van der Waals surface area (Å²) in [6.07, 6.45) is 4.37. The molecule has 0 spiro atoms. The number of hydrogen-bond donors (Lipinski definition) is 1. The van der Waals surface area contributed by atoms with E-state index >= 15 is 0 Å².